The van der Waals surface area contributed by atoms with Crippen LogP contribution < -0.4 is 15.4 Å². The van der Waals surface area contributed by atoms with Crippen molar-refractivity contribution < 1.29 is 9.47 Å². The Morgan fingerprint density at radius 3 is 3.06 bits per heavy atom. The van der Waals surface area contributed by atoms with Crippen LogP contribution in [0.3, 0.4) is 0 Å². The molecule has 1 aromatic heterocycles. The topological polar surface area (TPSA) is 86.4 Å². The van der Waals surface area contributed by atoms with Gasteiger partial charge in [-0.05, 0) is 20.3 Å². The summed E-state index contributed by atoms with van der Waals surface area (Å²) < 4.78 is 10.9. The highest BCUT2D eigenvalue weighted by Crippen LogP contribution is 2.16. The molecule has 1 atom stereocenters. The SMILES string of the molecule is CCOc1nc(N)nc(N2CCCOC(C)C2)n1. The third kappa shape index (κ3) is 3.19. The minimum Gasteiger partial charge on any atom is -0.464 e. The molecule has 7 nitrogen and oxygen atoms in total. The van der Waals surface area contributed by atoms with Gasteiger partial charge < -0.3 is 20.1 Å². The fraction of sp³-hybridized carbons (Fsp3) is 0.727. The molecule has 1 fully saturated rings. The summed E-state index contributed by atoms with van der Waals surface area (Å²) in [5.41, 5.74) is 5.67. The highest BCUT2D eigenvalue weighted by atomic mass is 16.5. The van der Waals surface area contributed by atoms with Crippen molar-refractivity contribution in [2.45, 2.75) is 26.4 Å². The van der Waals surface area contributed by atoms with Crippen molar-refractivity contribution in [1.82, 2.24) is 15.0 Å². The second-order valence-electron chi connectivity index (χ2n) is 4.19. The van der Waals surface area contributed by atoms with Crippen LogP contribution in [-0.2, 0) is 4.74 Å². The molecule has 0 aromatic carbocycles. The summed E-state index contributed by atoms with van der Waals surface area (Å²) in [6.45, 7) is 6.77. The Bertz CT molecular complexity index is 401. The van der Waals surface area contributed by atoms with Crippen LogP contribution in [0, 0.1) is 0 Å². The lowest BCUT2D eigenvalue weighted by atomic mass is 10.3. The normalized spacial score (nSPS) is 20.6. The first kappa shape index (κ1) is 12.8. The highest BCUT2D eigenvalue weighted by Gasteiger charge is 2.19. The van der Waals surface area contributed by atoms with E-state index in [1.54, 1.807) is 0 Å². The summed E-state index contributed by atoms with van der Waals surface area (Å²) in [4.78, 5) is 14.4. The zero-order valence-corrected chi connectivity index (χ0v) is 10.8. The van der Waals surface area contributed by atoms with E-state index in [2.05, 4.69) is 19.9 Å². The van der Waals surface area contributed by atoms with E-state index in [1.807, 2.05) is 13.8 Å². The maximum atomic E-state index is 5.67. The number of ether oxygens (including phenoxy) is 2. The summed E-state index contributed by atoms with van der Waals surface area (Å²) in [5.74, 6) is 0.740. The molecule has 0 amide bonds. The molecule has 1 unspecified atom stereocenters. The van der Waals surface area contributed by atoms with E-state index in [1.165, 1.54) is 0 Å². The van der Waals surface area contributed by atoms with Crippen molar-refractivity contribution in [2.24, 2.45) is 0 Å². The van der Waals surface area contributed by atoms with Crippen molar-refractivity contribution in [3.8, 4) is 6.01 Å². The molecule has 1 aliphatic heterocycles. The molecule has 2 heterocycles. The van der Waals surface area contributed by atoms with E-state index < -0.39 is 0 Å². The second-order valence-corrected chi connectivity index (χ2v) is 4.19. The minimum atomic E-state index is 0.154. The fourth-order valence-corrected chi connectivity index (χ4v) is 1.87. The van der Waals surface area contributed by atoms with Crippen LogP contribution in [0.25, 0.3) is 0 Å². The van der Waals surface area contributed by atoms with Crippen molar-refractivity contribution >= 4 is 11.9 Å². The number of anilines is 2. The number of nitrogens with zero attached hydrogens (tertiary/aromatic N) is 4. The molecule has 0 aliphatic carbocycles. The zero-order chi connectivity index (χ0) is 13.0. The van der Waals surface area contributed by atoms with Crippen LogP contribution >= 0.6 is 0 Å². The average molecular weight is 253 g/mol. The van der Waals surface area contributed by atoms with Crippen molar-refractivity contribution in [3.63, 3.8) is 0 Å². The Labute approximate surface area is 106 Å². The quantitative estimate of drug-likeness (QED) is 0.837. The molecule has 0 spiro atoms. The maximum absolute atomic E-state index is 5.67. The summed E-state index contributed by atoms with van der Waals surface area (Å²) >= 11 is 0. The summed E-state index contributed by atoms with van der Waals surface area (Å²) in [6.07, 6.45) is 1.10. The van der Waals surface area contributed by atoms with Gasteiger partial charge in [0.05, 0.1) is 12.7 Å². The third-order valence-electron chi connectivity index (χ3n) is 2.63. The van der Waals surface area contributed by atoms with Crippen LogP contribution in [0.5, 0.6) is 6.01 Å². The average Bonchev–Trinajstić information content (AvgIpc) is 2.53. The van der Waals surface area contributed by atoms with Gasteiger partial charge in [-0.2, -0.15) is 15.0 Å². The Kier molecular flexibility index (Phi) is 4.14. The van der Waals surface area contributed by atoms with Gasteiger partial charge in [0, 0.05) is 19.7 Å². The summed E-state index contributed by atoms with van der Waals surface area (Å²) in [5, 5.41) is 0. The number of hydrogen-bond donors (Lipinski definition) is 1. The molecule has 0 radical (unpaired) electrons. The first-order valence-corrected chi connectivity index (χ1v) is 6.20. The van der Waals surface area contributed by atoms with Crippen LogP contribution in [-0.4, -0.2) is 47.4 Å². The highest BCUT2D eigenvalue weighted by molar-refractivity contribution is 5.36. The molecule has 0 saturated carbocycles. The molecule has 1 aromatic rings. The van der Waals surface area contributed by atoms with Gasteiger partial charge in [0.15, 0.2) is 0 Å². The van der Waals surface area contributed by atoms with Gasteiger partial charge in [-0.25, -0.2) is 0 Å². The standard InChI is InChI=1S/C11H19N5O2/c1-3-17-11-14-9(12)13-10(15-11)16-5-4-6-18-8(2)7-16/h8H,3-7H2,1-2H3,(H2,12,13,14,15). The maximum Gasteiger partial charge on any atom is 0.323 e. The number of rotatable bonds is 3. The van der Waals surface area contributed by atoms with Gasteiger partial charge in [0.25, 0.3) is 0 Å². The Balaban J connectivity index is 2.19. The first-order valence-electron chi connectivity index (χ1n) is 6.20. The van der Waals surface area contributed by atoms with E-state index >= 15 is 0 Å². The monoisotopic (exact) mass is 253 g/mol. The zero-order valence-electron chi connectivity index (χ0n) is 10.8. The molecular formula is C11H19N5O2. The largest absolute Gasteiger partial charge is 0.464 e. The van der Waals surface area contributed by atoms with Crippen LogP contribution in [0.4, 0.5) is 11.9 Å². The Morgan fingerprint density at radius 2 is 2.28 bits per heavy atom. The van der Waals surface area contributed by atoms with E-state index in [4.69, 9.17) is 15.2 Å². The molecule has 100 valence electrons. The van der Waals surface area contributed by atoms with E-state index in [9.17, 15) is 0 Å². The number of nitrogens with two attached hydrogens (primary N) is 1. The lowest BCUT2D eigenvalue weighted by Gasteiger charge is -2.22. The molecule has 2 N–H and O–H groups in total. The number of nitrogen functional groups attached to an aromatic ring is 1. The summed E-state index contributed by atoms with van der Waals surface area (Å²) in [6, 6.07) is 0.276. The van der Waals surface area contributed by atoms with Crippen molar-refractivity contribution in [1.29, 1.82) is 0 Å². The van der Waals surface area contributed by atoms with Gasteiger partial charge in [-0.1, -0.05) is 0 Å². The van der Waals surface area contributed by atoms with Crippen molar-refractivity contribution in [2.75, 3.05) is 36.9 Å². The lowest BCUT2D eigenvalue weighted by Crippen LogP contribution is -2.32. The third-order valence-corrected chi connectivity index (χ3v) is 2.63. The molecule has 1 saturated heterocycles. The van der Waals surface area contributed by atoms with Gasteiger partial charge in [-0.3, -0.25) is 0 Å². The van der Waals surface area contributed by atoms with Crippen LogP contribution in [0.2, 0.25) is 0 Å². The van der Waals surface area contributed by atoms with E-state index in [0.717, 1.165) is 26.1 Å². The van der Waals surface area contributed by atoms with Crippen LogP contribution in [0.15, 0.2) is 0 Å². The molecule has 2 rings (SSSR count). The van der Waals surface area contributed by atoms with Gasteiger partial charge in [0.1, 0.15) is 0 Å². The number of aromatic nitrogens is 3. The smallest absolute Gasteiger partial charge is 0.323 e. The van der Waals surface area contributed by atoms with Crippen molar-refractivity contribution in [3.05, 3.63) is 0 Å². The van der Waals surface area contributed by atoms with E-state index in [0.29, 0.717) is 12.6 Å². The lowest BCUT2D eigenvalue weighted by molar-refractivity contribution is 0.0820. The summed E-state index contributed by atoms with van der Waals surface area (Å²) in [7, 11) is 0. The molecule has 1 aliphatic rings. The van der Waals surface area contributed by atoms with Gasteiger partial charge in [-0.15, -0.1) is 0 Å². The van der Waals surface area contributed by atoms with E-state index in [-0.39, 0.29) is 18.1 Å². The predicted octanol–water partition coefficient (Wildman–Crippen LogP) is 0.468. The Morgan fingerprint density at radius 1 is 1.44 bits per heavy atom. The molecular weight excluding hydrogens is 234 g/mol. The molecule has 7 heteroatoms. The molecule has 0 bridgehead atoms. The predicted molar refractivity (Wildman–Crippen MR) is 67.7 cm³/mol. The fourth-order valence-electron chi connectivity index (χ4n) is 1.87. The van der Waals surface area contributed by atoms with Gasteiger partial charge >= 0.3 is 6.01 Å². The first-order chi connectivity index (χ1) is 8.69. The second kappa shape index (κ2) is 5.81. The van der Waals surface area contributed by atoms with Crippen LogP contribution in [0.1, 0.15) is 20.3 Å². The molecule has 18 heavy (non-hydrogen) atoms. The minimum absolute atomic E-state index is 0.154. The van der Waals surface area contributed by atoms with Gasteiger partial charge in [0.2, 0.25) is 11.9 Å². The Hall–Kier alpha value is -1.63. The number of hydrogen-bond acceptors (Lipinski definition) is 7.